The Hall–Kier alpha value is -2.17. The zero-order valence-electron chi connectivity index (χ0n) is 12.7. The summed E-state index contributed by atoms with van der Waals surface area (Å²) < 4.78 is 13.7. The molecule has 1 heterocycles. The highest BCUT2D eigenvalue weighted by molar-refractivity contribution is 5.56. The van der Waals surface area contributed by atoms with Crippen LogP contribution in [0.15, 0.2) is 24.5 Å². The van der Waals surface area contributed by atoms with Crippen LogP contribution in [-0.2, 0) is 6.42 Å². The van der Waals surface area contributed by atoms with Gasteiger partial charge in [0.25, 0.3) is 0 Å². The Bertz CT molecular complexity index is 628. The zero-order chi connectivity index (χ0) is 15.4. The van der Waals surface area contributed by atoms with Crippen molar-refractivity contribution in [2.24, 2.45) is 0 Å². The van der Waals surface area contributed by atoms with Gasteiger partial charge in [0.15, 0.2) is 0 Å². The van der Waals surface area contributed by atoms with Crippen LogP contribution in [0, 0.1) is 12.7 Å². The Labute approximate surface area is 124 Å². The lowest BCUT2D eigenvalue weighted by atomic mass is 10.1. The van der Waals surface area contributed by atoms with E-state index in [-0.39, 0.29) is 11.9 Å². The molecule has 0 amide bonds. The van der Waals surface area contributed by atoms with Crippen molar-refractivity contribution in [2.75, 3.05) is 11.1 Å². The number of hydrogen-bond donors (Lipinski definition) is 2. The maximum atomic E-state index is 13.7. The molecule has 0 fully saturated rings. The third kappa shape index (κ3) is 3.48. The largest absolute Gasteiger partial charge is 0.383 e. The molecule has 2 aromatic rings. The van der Waals surface area contributed by atoms with E-state index in [4.69, 9.17) is 5.73 Å². The van der Waals surface area contributed by atoms with Gasteiger partial charge in [0.2, 0.25) is 0 Å². The molecule has 3 N–H and O–H groups in total. The lowest BCUT2D eigenvalue weighted by molar-refractivity contribution is 0.614. The van der Waals surface area contributed by atoms with Crippen molar-refractivity contribution in [1.29, 1.82) is 0 Å². The van der Waals surface area contributed by atoms with E-state index in [1.165, 1.54) is 6.33 Å². The Morgan fingerprint density at radius 2 is 2.10 bits per heavy atom. The number of nitrogens with zero attached hydrogens (tertiary/aromatic N) is 2. The summed E-state index contributed by atoms with van der Waals surface area (Å²) >= 11 is 0. The van der Waals surface area contributed by atoms with Crippen LogP contribution in [0.2, 0.25) is 0 Å². The number of hydrogen-bond acceptors (Lipinski definition) is 4. The molecule has 0 bridgehead atoms. The lowest BCUT2D eigenvalue weighted by Crippen LogP contribution is -2.12. The van der Waals surface area contributed by atoms with Crippen molar-refractivity contribution in [2.45, 2.75) is 39.7 Å². The molecule has 1 aromatic heterocycles. The monoisotopic (exact) mass is 288 g/mol. The Balaban J connectivity index is 2.24. The van der Waals surface area contributed by atoms with Gasteiger partial charge in [-0.3, -0.25) is 0 Å². The third-order valence-corrected chi connectivity index (χ3v) is 3.53. The molecule has 4 nitrogen and oxygen atoms in total. The molecule has 0 spiro atoms. The number of nitrogens with one attached hydrogen (secondary N) is 1. The fraction of sp³-hybridized carbons (Fsp3) is 0.375. The first kappa shape index (κ1) is 15.2. The minimum atomic E-state index is -0.197. The van der Waals surface area contributed by atoms with Crippen molar-refractivity contribution in [3.63, 3.8) is 0 Å². The zero-order valence-corrected chi connectivity index (χ0v) is 12.7. The molecule has 5 heteroatoms. The summed E-state index contributed by atoms with van der Waals surface area (Å²) in [6.07, 6.45) is 3.21. The van der Waals surface area contributed by atoms with E-state index in [1.54, 1.807) is 19.1 Å². The minimum Gasteiger partial charge on any atom is -0.383 e. The van der Waals surface area contributed by atoms with E-state index in [2.05, 4.69) is 22.2 Å². The first-order chi connectivity index (χ1) is 10.0. The Morgan fingerprint density at radius 1 is 1.33 bits per heavy atom. The van der Waals surface area contributed by atoms with Gasteiger partial charge < -0.3 is 11.1 Å². The second kappa shape index (κ2) is 6.52. The Morgan fingerprint density at radius 3 is 2.76 bits per heavy atom. The number of aromatic nitrogens is 2. The summed E-state index contributed by atoms with van der Waals surface area (Å²) in [5.74, 6) is 1.02. The van der Waals surface area contributed by atoms with Crippen LogP contribution < -0.4 is 11.1 Å². The maximum Gasteiger partial charge on any atom is 0.135 e. The van der Waals surface area contributed by atoms with Crippen molar-refractivity contribution >= 4 is 11.6 Å². The van der Waals surface area contributed by atoms with E-state index in [0.717, 1.165) is 29.8 Å². The summed E-state index contributed by atoms with van der Waals surface area (Å²) in [4.78, 5) is 8.30. The number of nitrogens with two attached hydrogens (primary N) is 1. The van der Waals surface area contributed by atoms with E-state index in [1.807, 2.05) is 13.0 Å². The third-order valence-electron chi connectivity index (χ3n) is 3.53. The summed E-state index contributed by atoms with van der Waals surface area (Å²) in [5, 5.41) is 3.30. The van der Waals surface area contributed by atoms with Crippen molar-refractivity contribution in [1.82, 2.24) is 9.97 Å². The molecule has 1 unspecified atom stereocenters. The first-order valence-electron chi connectivity index (χ1n) is 7.14. The summed E-state index contributed by atoms with van der Waals surface area (Å²) in [7, 11) is 0. The van der Waals surface area contributed by atoms with Crippen LogP contribution in [0.4, 0.5) is 16.0 Å². The van der Waals surface area contributed by atoms with Crippen LogP contribution in [0.1, 0.15) is 43.0 Å². The molecule has 0 aliphatic rings. The van der Waals surface area contributed by atoms with Gasteiger partial charge in [-0.2, -0.15) is 0 Å². The number of benzene rings is 1. The number of halogens is 1. The van der Waals surface area contributed by atoms with Gasteiger partial charge in [0.1, 0.15) is 23.8 Å². The Kier molecular flexibility index (Phi) is 4.73. The highest BCUT2D eigenvalue weighted by Gasteiger charge is 2.13. The van der Waals surface area contributed by atoms with E-state index < -0.39 is 0 Å². The fourth-order valence-corrected chi connectivity index (χ4v) is 2.21. The molecule has 1 aromatic carbocycles. The molecule has 0 radical (unpaired) electrons. The van der Waals surface area contributed by atoms with E-state index in [9.17, 15) is 4.39 Å². The maximum absolute atomic E-state index is 13.7. The van der Waals surface area contributed by atoms with E-state index >= 15 is 0 Å². The number of rotatable bonds is 5. The summed E-state index contributed by atoms with van der Waals surface area (Å²) in [6.45, 7) is 5.80. The number of nitrogen functional groups attached to an aromatic ring is 1. The standard InChI is InChI=1S/C16H21FN4/c1-4-5-13-15(18)19-9-20-16(13)21-11(3)12-7-6-10(2)14(17)8-12/h6-9,11H,4-5H2,1-3H3,(H3,18,19,20,21). The van der Waals surface area contributed by atoms with Gasteiger partial charge in [-0.25, -0.2) is 14.4 Å². The van der Waals surface area contributed by atoms with Crippen molar-refractivity contribution in [3.05, 3.63) is 47.0 Å². The van der Waals surface area contributed by atoms with Crippen LogP contribution >= 0.6 is 0 Å². The predicted molar refractivity (Wildman–Crippen MR) is 83.6 cm³/mol. The highest BCUT2D eigenvalue weighted by Crippen LogP contribution is 2.25. The van der Waals surface area contributed by atoms with Crippen molar-refractivity contribution in [3.8, 4) is 0 Å². The summed E-state index contributed by atoms with van der Waals surface area (Å²) in [6, 6.07) is 5.19. The molecule has 2 rings (SSSR count). The average molecular weight is 288 g/mol. The predicted octanol–water partition coefficient (Wildman–Crippen LogP) is 3.63. The molecular formula is C16H21FN4. The minimum absolute atomic E-state index is 0.0648. The van der Waals surface area contributed by atoms with Crippen LogP contribution in [0.3, 0.4) is 0 Å². The first-order valence-corrected chi connectivity index (χ1v) is 7.14. The van der Waals surface area contributed by atoms with Gasteiger partial charge in [-0.1, -0.05) is 25.5 Å². The molecule has 0 saturated heterocycles. The fourth-order valence-electron chi connectivity index (χ4n) is 2.21. The molecule has 1 atom stereocenters. The van der Waals surface area contributed by atoms with Gasteiger partial charge >= 0.3 is 0 Å². The smallest absolute Gasteiger partial charge is 0.135 e. The van der Waals surface area contributed by atoms with Gasteiger partial charge in [-0.15, -0.1) is 0 Å². The van der Waals surface area contributed by atoms with Crippen LogP contribution in [0.25, 0.3) is 0 Å². The van der Waals surface area contributed by atoms with E-state index in [0.29, 0.717) is 11.4 Å². The molecule has 0 saturated carbocycles. The van der Waals surface area contributed by atoms with Gasteiger partial charge in [0, 0.05) is 5.56 Å². The number of aryl methyl sites for hydroxylation is 1. The second-order valence-electron chi connectivity index (χ2n) is 5.21. The highest BCUT2D eigenvalue weighted by atomic mass is 19.1. The number of anilines is 2. The molecule has 112 valence electrons. The molecule has 21 heavy (non-hydrogen) atoms. The lowest BCUT2D eigenvalue weighted by Gasteiger charge is -2.18. The van der Waals surface area contributed by atoms with Gasteiger partial charge in [0.05, 0.1) is 6.04 Å². The van der Waals surface area contributed by atoms with Gasteiger partial charge in [-0.05, 0) is 37.5 Å². The topological polar surface area (TPSA) is 63.8 Å². The van der Waals surface area contributed by atoms with Crippen LogP contribution in [-0.4, -0.2) is 9.97 Å². The summed E-state index contributed by atoms with van der Waals surface area (Å²) in [5.41, 5.74) is 8.35. The molecular weight excluding hydrogens is 267 g/mol. The molecule has 0 aliphatic carbocycles. The quantitative estimate of drug-likeness (QED) is 0.881. The SMILES string of the molecule is CCCc1c(N)ncnc1NC(C)c1ccc(C)c(F)c1. The van der Waals surface area contributed by atoms with Crippen LogP contribution in [0.5, 0.6) is 0 Å². The normalized spacial score (nSPS) is 12.2. The second-order valence-corrected chi connectivity index (χ2v) is 5.21. The average Bonchev–Trinajstić information content (AvgIpc) is 2.45. The van der Waals surface area contributed by atoms with Crippen molar-refractivity contribution < 1.29 is 4.39 Å². The molecule has 0 aliphatic heterocycles.